The van der Waals surface area contributed by atoms with Crippen LogP contribution in [0.4, 0.5) is 0 Å². The fourth-order valence-electron chi connectivity index (χ4n) is 1.30. The van der Waals surface area contributed by atoms with E-state index in [0.29, 0.717) is 6.61 Å². The van der Waals surface area contributed by atoms with Gasteiger partial charge in [-0.15, -0.1) is 0 Å². The van der Waals surface area contributed by atoms with Gasteiger partial charge < -0.3 is 4.74 Å². The maximum Gasteiger partial charge on any atom is 0.147 e. The summed E-state index contributed by atoms with van der Waals surface area (Å²) in [5.74, 6) is 0.824. The Kier molecular flexibility index (Phi) is 2.96. The first-order valence-corrected chi connectivity index (χ1v) is 6.06. The molecule has 0 amide bonds. The molecule has 0 spiro atoms. The van der Waals surface area contributed by atoms with E-state index in [4.69, 9.17) is 4.74 Å². The van der Waals surface area contributed by atoms with Gasteiger partial charge in [0.15, 0.2) is 0 Å². The van der Waals surface area contributed by atoms with E-state index in [1.807, 2.05) is 19.1 Å². The molecule has 1 aromatic carbocycles. The molecule has 0 saturated carbocycles. The zero-order valence-electron chi connectivity index (χ0n) is 7.47. The molecule has 1 aromatic heterocycles. The summed E-state index contributed by atoms with van der Waals surface area (Å²) >= 11 is 5.71. The standard InChI is InChI=1S/C9H8BrIN2O/c1-2-14-6-4-3-5(10)7-8(6)12-13-9(7)11/h3-4H,2H2,1H3,(H,12,13). The third-order valence-electron chi connectivity index (χ3n) is 1.88. The number of aromatic amines is 1. The second-order valence-corrected chi connectivity index (χ2v) is 4.67. The largest absolute Gasteiger partial charge is 0.492 e. The predicted octanol–water partition coefficient (Wildman–Crippen LogP) is 3.33. The first-order chi connectivity index (χ1) is 6.74. The van der Waals surface area contributed by atoms with Gasteiger partial charge in [0.1, 0.15) is 15.0 Å². The monoisotopic (exact) mass is 366 g/mol. The van der Waals surface area contributed by atoms with Crippen molar-refractivity contribution in [2.24, 2.45) is 0 Å². The third kappa shape index (κ3) is 1.63. The molecule has 3 nitrogen and oxygen atoms in total. The van der Waals surface area contributed by atoms with Gasteiger partial charge in [0.05, 0.1) is 12.0 Å². The van der Waals surface area contributed by atoms with Crippen LogP contribution in [0.25, 0.3) is 10.9 Å². The smallest absolute Gasteiger partial charge is 0.147 e. The normalized spacial score (nSPS) is 10.8. The lowest BCUT2D eigenvalue weighted by molar-refractivity contribution is 0.343. The van der Waals surface area contributed by atoms with E-state index in [1.165, 1.54) is 0 Å². The van der Waals surface area contributed by atoms with E-state index < -0.39 is 0 Å². The first kappa shape index (κ1) is 10.2. The number of benzene rings is 1. The summed E-state index contributed by atoms with van der Waals surface area (Å²) in [6.07, 6.45) is 0. The van der Waals surface area contributed by atoms with Crippen LogP contribution >= 0.6 is 38.5 Å². The highest BCUT2D eigenvalue weighted by Crippen LogP contribution is 2.32. The maximum atomic E-state index is 5.48. The van der Waals surface area contributed by atoms with Gasteiger partial charge in [-0.2, -0.15) is 5.10 Å². The van der Waals surface area contributed by atoms with Crippen molar-refractivity contribution in [3.63, 3.8) is 0 Å². The van der Waals surface area contributed by atoms with E-state index in [9.17, 15) is 0 Å². The molecule has 0 aliphatic rings. The molecule has 0 saturated heterocycles. The average molecular weight is 367 g/mol. The molecular formula is C9H8BrIN2O. The zero-order valence-corrected chi connectivity index (χ0v) is 11.2. The van der Waals surface area contributed by atoms with Crippen LogP contribution in [-0.4, -0.2) is 16.8 Å². The molecule has 0 bridgehead atoms. The average Bonchev–Trinajstić information content (AvgIpc) is 2.54. The summed E-state index contributed by atoms with van der Waals surface area (Å²) in [4.78, 5) is 0. The number of nitrogens with one attached hydrogen (secondary N) is 1. The van der Waals surface area contributed by atoms with Crippen LogP contribution in [0.5, 0.6) is 5.75 Å². The Morgan fingerprint density at radius 3 is 3.07 bits per heavy atom. The van der Waals surface area contributed by atoms with E-state index in [0.717, 1.165) is 24.8 Å². The number of rotatable bonds is 2. The Labute approximate surface area is 103 Å². The molecule has 1 heterocycles. The number of hydrogen-bond acceptors (Lipinski definition) is 2. The van der Waals surface area contributed by atoms with Gasteiger partial charge >= 0.3 is 0 Å². The molecule has 0 unspecified atom stereocenters. The molecule has 0 fully saturated rings. The molecule has 74 valence electrons. The van der Waals surface area contributed by atoms with Crippen LogP contribution in [0.3, 0.4) is 0 Å². The molecule has 0 aliphatic heterocycles. The fourth-order valence-corrected chi connectivity index (χ4v) is 2.86. The molecule has 1 N–H and O–H groups in total. The number of ether oxygens (including phenoxy) is 1. The third-order valence-corrected chi connectivity index (χ3v) is 3.32. The van der Waals surface area contributed by atoms with Crippen molar-refractivity contribution in [1.29, 1.82) is 0 Å². The summed E-state index contributed by atoms with van der Waals surface area (Å²) in [6.45, 7) is 2.62. The summed E-state index contributed by atoms with van der Waals surface area (Å²) in [5.41, 5.74) is 0.880. The number of nitrogens with zero attached hydrogens (tertiary/aromatic N) is 1. The van der Waals surface area contributed by atoms with Crippen LogP contribution in [-0.2, 0) is 0 Å². The molecule has 14 heavy (non-hydrogen) atoms. The summed E-state index contributed by atoms with van der Waals surface area (Å²) in [5, 5.41) is 8.23. The van der Waals surface area contributed by atoms with Crippen molar-refractivity contribution in [3.8, 4) is 5.75 Å². The number of fused-ring (bicyclic) bond motifs is 1. The number of aromatic nitrogens is 2. The quantitative estimate of drug-likeness (QED) is 0.828. The van der Waals surface area contributed by atoms with Gasteiger partial charge in [-0.05, 0) is 57.6 Å². The van der Waals surface area contributed by atoms with Crippen LogP contribution in [0.2, 0.25) is 0 Å². The van der Waals surface area contributed by atoms with Crippen LogP contribution in [0, 0.1) is 3.70 Å². The highest BCUT2D eigenvalue weighted by Gasteiger charge is 2.11. The maximum absolute atomic E-state index is 5.48. The highest BCUT2D eigenvalue weighted by molar-refractivity contribution is 14.1. The molecule has 2 rings (SSSR count). The van der Waals surface area contributed by atoms with Crippen LogP contribution in [0.15, 0.2) is 16.6 Å². The molecule has 2 aromatic rings. The SMILES string of the molecule is CCOc1ccc(Br)c2c(I)[nH]nc12. The molecule has 0 radical (unpaired) electrons. The van der Waals surface area contributed by atoms with Crippen molar-refractivity contribution >= 4 is 49.4 Å². The van der Waals surface area contributed by atoms with Gasteiger partial charge in [-0.1, -0.05) is 0 Å². The van der Waals surface area contributed by atoms with Crippen molar-refractivity contribution in [2.45, 2.75) is 6.92 Å². The second-order valence-electron chi connectivity index (χ2n) is 2.74. The minimum Gasteiger partial charge on any atom is -0.492 e. The van der Waals surface area contributed by atoms with Gasteiger partial charge in [0.25, 0.3) is 0 Å². The Hall–Kier alpha value is -0.300. The summed E-state index contributed by atoms with van der Waals surface area (Å²) in [6, 6.07) is 3.90. The van der Waals surface area contributed by atoms with E-state index in [-0.39, 0.29) is 0 Å². The lowest BCUT2D eigenvalue weighted by atomic mass is 10.2. The van der Waals surface area contributed by atoms with Gasteiger partial charge in [0.2, 0.25) is 0 Å². The topological polar surface area (TPSA) is 37.9 Å². The predicted molar refractivity (Wildman–Crippen MR) is 67.7 cm³/mol. The fraction of sp³-hybridized carbons (Fsp3) is 0.222. The van der Waals surface area contributed by atoms with Gasteiger partial charge in [0, 0.05) is 4.47 Å². The van der Waals surface area contributed by atoms with Crippen molar-refractivity contribution < 1.29 is 4.74 Å². The molecular weight excluding hydrogens is 359 g/mol. The van der Waals surface area contributed by atoms with Gasteiger partial charge in [-0.3, -0.25) is 5.10 Å². The van der Waals surface area contributed by atoms with Crippen molar-refractivity contribution in [3.05, 3.63) is 20.3 Å². The Morgan fingerprint density at radius 1 is 1.57 bits per heavy atom. The van der Waals surface area contributed by atoms with E-state index in [1.54, 1.807) is 0 Å². The van der Waals surface area contributed by atoms with Crippen LogP contribution < -0.4 is 4.74 Å². The Balaban J connectivity index is 2.70. The van der Waals surface area contributed by atoms with E-state index >= 15 is 0 Å². The minimum atomic E-state index is 0.653. The zero-order chi connectivity index (χ0) is 10.1. The van der Waals surface area contributed by atoms with Crippen molar-refractivity contribution in [1.82, 2.24) is 10.2 Å². The minimum absolute atomic E-state index is 0.653. The lowest BCUT2D eigenvalue weighted by Gasteiger charge is -2.03. The molecule has 0 atom stereocenters. The Morgan fingerprint density at radius 2 is 2.36 bits per heavy atom. The highest BCUT2D eigenvalue weighted by atomic mass is 127. The first-order valence-electron chi connectivity index (χ1n) is 4.19. The van der Waals surface area contributed by atoms with Gasteiger partial charge in [-0.25, -0.2) is 0 Å². The summed E-state index contributed by atoms with van der Waals surface area (Å²) in [7, 11) is 0. The van der Waals surface area contributed by atoms with E-state index in [2.05, 4.69) is 48.7 Å². The second kappa shape index (κ2) is 4.06. The lowest BCUT2D eigenvalue weighted by Crippen LogP contribution is -1.92. The molecule has 5 heteroatoms. The molecule has 0 aliphatic carbocycles. The Bertz CT molecular complexity index is 469. The number of H-pyrrole nitrogens is 1. The number of halogens is 2. The summed E-state index contributed by atoms with van der Waals surface area (Å²) < 4.78 is 7.54. The van der Waals surface area contributed by atoms with Crippen molar-refractivity contribution in [2.75, 3.05) is 6.61 Å². The number of hydrogen-bond donors (Lipinski definition) is 1. The van der Waals surface area contributed by atoms with Crippen LogP contribution in [0.1, 0.15) is 6.92 Å².